The Morgan fingerprint density at radius 3 is 1.87 bits per heavy atom. The van der Waals surface area contributed by atoms with Crippen LogP contribution in [-0.4, -0.2) is 34.6 Å². The molecule has 0 aromatic rings. The summed E-state index contributed by atoms with van der Waals surface area (Å²) in [6, 6.07) is 0. The second-order valence-corrected chi connectivity index (χ2v) is 10.8. The fourth-order valence-electron chi connectivity index (χ4n) is 0.813. The van der Waals surface area contributed by atoms with E-state index in [0.29, 0.717) is 0 Å². The van der Waals surface area contributed by atoms with E-state index in [-0.39, 0.29) is 0 Å². The van der Waals surface area contributed by atoms with Crippen LogP contribution in [0.1, 0.15) is 13.8 Å². The Bertz CT molecular complexity index is 339. The van der Waals surface area contributed by atoms with Crippen LogP contribution in [0.5, 0.6) is 0 Å². The number of carbonyl (C=O) groups excluding carboxylic acids is 1. The molecule has 90 valence electrons. The average molecular weight is 254 g/mol. The van der Waals surface area contributed by atoms with Gasteiger partial charge in [-0.2, -0.15) is 8.42 Å². The predicted octanol–water partition coefficient (Wildman–Crippen LogP) is 1.12. The minimum Gasteiger partial charge on any atom is -0.518 e. The predicted molar refractivity (Wildman–Crippen MR) is 59.4 cm³/mol. The lowest BCUT2D eigenvalue weighted by molar-refractivity contribution is -0.149. The van der Waals surface area contributed by atoms with E-state index in [4.69, 9.17) is 4.43 Å². The first kappa shape index (κ1) is 14.6. The van der Waals surface area contributed by atoms with Crippen LogP contribution >= 0.6 is 0 Å². The molecule has 0 atom stereocenters. The molecule has 0 spiro atoms. The van der Waals surface area contributed by atoms with E-state index in [1.54, 1.807) is 0 Å². The van der Waals surface area contributed by atoms with Crippen LogP contribution in [0.3, 0.4) is 0 Å². The minimum absolute atomic E-state index is 0.646. The van der Waals surface area contributed by atoms with E-state index < -0.39 is 30.0 Å². The molecule has 0 aliphatic carbocycles. The van der Waals surface area contributed by atoms with Gasteiger partial charge in [0.1, 0.15) is 0 Å². The molecular formula is C8H18O5SSi. The van der Waals surface area contributed by atoms with Gasteiger partial charge < -0.3 is 4.43 Å². The standard InChI is InChI=1S/C8H18O5SSi/c1-8(2,13-14(3,10)11)7(9)12-15(4,5)6/h1-6H3. The van der Waals surface area contributed by atoms with E-state index in [1.165, 1.54) is 13.8 Å². The smallest absolute Gasteiger partial charge is 0.326 e. The Balaban J connectivity index is 4.68. The highest BCUT2D eigenvalue weighted by atomic mass is 32.2. The Labute approximate surface area is 92.0 Å². The molecule has 0 rings (SSSR count). The first-order valence-corrected chi connectivity index (χ1v) is 9.70. The summed E-state index contributed by atoms with van der Waals surface area (Å²) < 4.78 is 31.6. The van der Waals surface area contributed by atoms with Gasteiger partial charge in [0.2, 0.25) is 8.32 Å². The maximum atomic E-state index is 11.6. The van der Waals surface area contributed by atoms with Gasteiger partial charge in [-0.3, -0.25) is 8.98 Å². The molecule has 0 bridgehead atoms. The lowest BCUT2D eigenvalue weighted by atomic mass is 10.1. The zero-order chi connectivity index (χ0) is 12.5. The van der Waals surface area contributed by atoms with Crippen LogP contribution in [-0.2, 0) is 23.5 Å². The van der Waals surface area contributed by atoms with Gasteiger partial charge in [-0.25, -0.2) is 0 Å². The number of carbonyl (C=O) groups is 1. The molecule has 0 N–H and O–H groups in total. The molecule has 0 aliphatic heterocycles. The van der Waals surface area contributed by atoms with Crippen molar-refractivity contribution in [2.45, 2.75) is 39.1 Å². The summed E-state index contributed by atoms with van der Waals surface area (Å²) in [6.45, 7) is 8.25. The van der Waals surface area contributed by atoms with Gasteiger partial charge >= 0.3 is 5.97 Å². The van der Waals surface area contributed by atoms with Gasteiger partial charge in [0, 0.05) is 0 Å². The molecule has 0 aliphatic rings. The van der Waals surface area contributed by atoms with E-state index in [9.17, 15) is 13.2 Å². The highest BCUT2D eigenvalue weighted by Gasteiger charge is 2.37. The van der Waals surface area contributed by atoms with Crippen molar-refractivity contribution in [1.29, 1.82) is 0 Å². The summed E-state index contributed by atoms with van der Waals surface area (Å²) in [5.41, 5.74) is -1.46. The highest BCUT2D eigenvalue weighted by Crippen LogP contribution is 2.17. The first-order valence-electron chi connectivity index (χ1n) is 4.47. The Morgan fingerprint density at radius 2 is 1.60 bits per heavy atom. The second kappa shape index (κ2) is 4.23. The Hall–Kier alpha value is -0.403. The molecule has 0 amide bonds. The summed E-state index contributed by atoms with van der Waals surface area (Å²) >= 11 is 0. The zero-order valence-electron chi connectivity index (χ0n) is 9.95. The van der Waals surface area contributed by atoms with E-state index in [0.717, 1.165) is 6.26 Å². The topological polar surface area (TPSA) is 69.7 Å². The van der Waals surface area contributed by atoms with Gasteiger partial charge in [0.05, 0.1) is 6.26 Å². The lowest BCUT2D eigenvalue weighted by Crippen LogP contribution is -2.43. The largest absolute Gasteiger partial charge is 0.518 e. The Kier molecular flexibility index (Phi) is 4.11. The third-order valence-electron chi connectivity index (χ3n) is 1.25. The maximum absolute atomic E-state index is 11.6. The van der Waals surface area contributed by atoms with Crippen molar-refractivity contribution < 1.29 is 21.8 Å². The molecule has 0 aromatic heterocycles. The van der Waals surface area contributed by atoms with Crippen LogP contribution in [0.4, 0.5) is 0 Å². The zero-order valence-corrected chi connectivity index (χ0v) is 11.8. The molecule has 5 nitrogen and oxygen atoms in total. The van der Waals surface area contributed by atoms with Crippen molar-refractivity contribution >= 4 is 24.4 Å². The van der Waals surface area contributed by atoms with Crippen LogP contribution in [0.25, 0.3) is 0 Å². The number of rotatable bonds is 4. The van der Waals surface area contributed by atoms with Crippen molar-refractivity contribution in [2.75, 3.05) is 6.26 Å². The van der Waals surface area contributed by atoms with Crippen molar-refractivity contribution in [2.24, 2.45) is 0 Å². The third kappa shape index (κ3) is 6.64. The van der Waals surface area contributed by atoms with Gasteiger partial charge in [0.25, 0.3) is 10.1 Å². The van der Waals surface area contributed by atoms with Crippen LogP contribution in [0.2, 0.25) is 19.6 Å². The van der Waals surface area contributed by atoms with Crippen molar-refractivity contribution in [1.82, 2.24) is 0 Å². The SMILES string of the molecule is CC(C)(OS(C)(=O)=O)C(=O)O[Si](C)(C)C. The minimum atomic E-state index is -3.67. The fraction of sp³-hybridized carbons (Fsp3) is 0.875. The van der Waals surface area contributed by atoms with Crippen molar-refractivity contribution in [3.63, 3.8) is 0 Å². The number of hydrogen-bond acceptors (Lipinski definition) is 5. The summed E-state index contributed by atoms with van der Waals surface area (Å²) in [5.74, 6) is -0.646. The van der Waals surface area contributed by atoms with Crippen LogP contribution in [0.15, 0.2) is 0 Å². The fourth-order valence-corrected chi connectivity index (χ4v) is 2.44. The van der Waals surface area contributed by atoms with Gasteiger partial charge in [-0.1, -0.05) is 0 Å². The van der Waals surface area contributed by atoms with Crippen LogP contribution < -0.4 is 0 Å². The molecule has 0 saturated heterocycles. The van der Waals surface area contributed by atoms with E-state index in [2.05, 4.69) is 4.18 Å². The van der Waals surface area contributed by atoms with Crippen molar-refractivity contribution in [3.8, 4) is 0 Å². The third-order valence-corrected chi connectivity index (χ3v) is 2.77. The quantitative estimate of drug-likeness (QED) is 0.555. The molecule has 0 saturated carbocycles. The highest BCUT2D eigenvalue weighted by molar-refractivity contribution is 7.86. The van der Waals surface area contributed by atoms with Crippen molar-refractivity contribution in [3.05, 3.63) is 0 Å². The molecule has 7 heteroatoms. The first-order chi connectivity index (χ1) is 6.33. The Morgan fingerprint density at radius 1 is 1.20 bits per heavy atom. The second-order valence-electron chi connectivity index (χ2n) is 4.80. The van der Waals surface area contributed by atoms with Gasteiger partial charge in [-0.15, -0.1) is 0 Å². The molecule has 0 unspecified atom stereocenters. The van der Waals surface area contributed by atoms with Gasteiger partial charge in [0.15, 0.2) is 5.60 Å². The molecule has 0 fully saturated rings. The monoisotopic (exact) mass is 254 g/mol. The average Bonchev–Trinajstić information content (AvgIpc) is 1.75. The molecular weight excluding hydrogens is 236 g/mol. The van der Waals surface area contributed by atoms with Crippen LogP contribution in [0, 0.1) is 0 Å². The van der Waals surface area contributed by atoms with E-state index >= 15 is 0 Å². The number of hydrogen-bond donors (Lipinski definition) is 0. The molecule has 15 heavy (non-hydrogen) atoms. The maximum Gasteiger partial charge on any atom is 0.326 e. The summed E-state index contributed by atoms with van der Waals surface area (Å²) in [5, 5.41) is 0. The summed E-state index contributed by atoms with van der Waals surface area (Å²) in [4.78, 5) is 11.6. The normalized spacial score (nSPS) is 13.7. The molecule has 0 radical (unpaired) electrons. The summed E-state index contributed by atoms with van der Waals surface area (Å²) in [7, 11) is -5.70. The lowest BCUT2D eigenvalue weighted by Gasteiger charge is -2.26. The van der Waals surface area contributed by atoms with E-state index in [1.807, 2.05) is 19.6 Å². The molecule has 0 aromatic carbocycles. The molecule has 0 heterocycles. The summed E-state index contributed by atoms with van der Waals surface area (Å²) in [6.07, 6.45) is 0.899. The van der Waals surface area contributed by atoms with Gasteiger partial charge in [-0.05, 0) is 33.5 Å².